The molecule has 0 spiro atoms. The summed E-state index contributed by atoms with van der Waals surface area (Å²) in [7, 11) is 4.81. The number of halogens is 14. The highest BCUT2D eigenvalue weighted by Gasteiger charge is 2.45. The molecule has 4 fully saturated rings. The first-order chi connectivity index (χ1) is 62.0. The van der Waals surface area contributed by atoms with Crippen LogP contribution in [0.1, 0.15) is 150 Å². The summed E-state index contributed by atoms with van der Waals surface area (Å²) in [6.45, 7) is 22.9. The quantitative estimate of drug-likeness (QED) is 0.00752. The molecule has 3 aromatic carbocycles. The molecule has 50 heteroatoms. The lowest BCUT2D eigenvalue weighted by Gasteiger charge is -2.28. The second kappa shape index (κ2) is 51.7. The number of ether oxygens (including phenoxy) is 10. The first-order valence-corrected chi connectivity index (χ1v) is 44.4. The lowest BCUT2D eigenvalue weighted by atomic mass is 10.1. The van der Waals surface area contributed by atoms with Crippen molar-refractivity contribution < 1.29 is 111 Å². The van der Waals surface area contributed by atoms with Crippen LogP contribution in [0.2, 0.25) is 0 Å². The number of nitrogens with two attached hydrogens (primary N) is 4. The average Bonchev–Trinajstić information content (AvgIpc) is 1.63. The Morgan fingerprint density at radius 2 is 0.833 bits per heavy atom. The number of nitrogens with zero attached hydrogens (tertiary/aromatic N) is 13. The van der Waals surface area contributed by atoms with Crippen LogP contribution in [0.25, 0.3) is 9.69 Å². The van der Waals surface area contributed by atoms with Gasteiger partial charge in [0.1, 0.15) is 85.6 Å². The van der Waals surface area contributed by atoms with E-state index in [0.29, 0.717) is 82.3 Å². The Morgan fingerprint density at radius 1 is 0.508 bits per heavy atom. The minimum absolute atomic E-state index is 0.0980. The Morgan fingerprint density at radius 3 is 1.17 bits per heavy atom. The number of hydrogen-bond acceptors (Lipinski definition) is 25. The molecule has 5 amide bonds. The molecule has 8 atom stereocenters. The molecule has 0 aliphatic carbocycles. The molecule has 0 unspecified atom stereocenters. The van der Waals surface area contributed by atoms with Crippen LogP contribution in [0.3, 0.4) is 0 Å². The van der Waals surface area contributed by atoms with E-state index in [-0.39, 0.29) is 108 Å². The summed E-state index contributed by atoms with van der Waals surface area (Å²) in [5, 5.41) is 26.3. The van der Waals surface area contributed by atoms with E-state index in [9.17, 15) is 63.9 Å². The minimum Gasteiger partial charge on any atom is -0.497 e. The second-order valence-electron chi connectivity index (χ2n) is 32.1. The molecule has 0 saturated carbocycles. The zero-order valence-electron chi connectivity index (χ0n) is 73.7. The van der Waals surface area contributed by atoms with Crippen LogP contribution in [-0.4, -0.2) is 231 Å². The number of primary amides is 2. The maximum atomic E-state index is 12.8. The predicted octanol–water partition coefficient (Wildman–Crippen LogP) is 17.1. The van der Waals surface area contributed by atoms with Crippen molar-refractivity contribution in [2.24, 2.45) is 17.2 Å². The summed E-state index contributed by atoms with van der Waals surface area (Å²) in [6.07, 6.45) is 0.579. The molecule has 0 radical (unpaired) electrons. The van der Waals surface area contributed by atoms with Gasteiger partial charge in [0.05, 0.1) is 103 Å². The highest BCUT2D eigenvalue weighted by Crippen LogP contribution is 2.43. The number of nitrogens with one attached hydrogen (secondary N) is 3. The summed E-state index contributed by atoms with van der Waals surface area (Å²) in [4.78, 5) is 82.2. The molecule has 11 N–H and O–H groups in total. The zero-order valence-corrected chi connectivity index (χ0v) is 82.4. The number of carbonyl (C=O) groups excluding carboxylic acids is 6. The van der Waals surface area contributed by atoms with E-state index < -0.39 is 103 Å². The van der Waals surface area contributed by atoms with Gasteiger partial charge in [-0.3, -0.25) is 23.7 Å². The van der Waals surface area contributed by atoms with Gasteiger partial charge in [-0.2, -0.15) is 55.5 Å². The van der Waals surface area contributed by atoms with Crippen molar-refractivity contribution in [3.05, 3.63) is 159 Å². The number of rotatable bonds is 29. The third-order valence-corrected chi connectivity index (χ3v) is 22.3. The lowest BCUT2D eigenvalue weighted by molar-refractivity contribution is -0.138. The molecule has 7 aromatic rings. The average molecular weight is 2210 g/mol. The number of nitrogen functional groups attached to an aromatic ring is 1. The monoisotopic (exact) mass is 2210 g/mol. The Bertz CT molecular complexity index is 5040. The summed E-state index contributed by atoms with van der Waals surface area (Å²) < 4.78 is 157. The second-order valence-corrected chi connectivity index (χ2v) is 36.2. The molecule has 132 heavy (non-hydrogen) atoms. The van der Waals surface area contributed by atoms with Crippen LogP contribution >= 0.6 is 91.3 Å². The fourth-order valence-corrected chi connectivity index (χ4v) is 16.3. The van der Waals surface area contributed by atoms with Crippen LogP contribution in [0.4, 0.5) is 78.3 Å². The van der Waals surface area contributed by atoms with Crippen LogP contribution in [0, 0.1) is 13.1 Å². The normalized spacial score (nSPS) is 18.1. The van der Waals surface area contributed by atoms with Crippen LogP contribution in [-0.2, 0) is 57.6 Å². The van der Waals surface area contributed by atoms with Gasteiger partial charge in [0.2, 0.25) is 5.24 Å². The fourth-order valence-electron chi connectivity index (χ4n) is 13.4. The van der Waals surface area contributed by atoms with Gasteiger partial charge in [-0.05, 0) is 238 Å². The highest BCUT2D eigenvalue weighted by molar-refractivity contribution is 9.11. The summed E-state index contributed by atoms with van der Waals surface area (Å²) in [6, 6.07) is 19.1. The van der Waals surface area contributed by atoms with E-state index in [1.54, 1.807) is 97.7 Å². The molecule has 36 nitrogen and oxygen atoms in total. The number of aromatic nitrogens is 8. The van der Waals surface area contributed by atoms with Gasteiger partial charge < -0.3 is 101 Å². The van der Waals surface area contributed by atoms with E-state index in [4.69, 9.17) is 76.1 Å². The van der Waals surface area contributed by atoms with Gasteiger partial charge >= 0.3 is 44.7 Å². The van der Waals surface area contributed by atoms with Crippen molar-refractivity contribution in [3.8, 4) is 17.2 Å². The molecule has 8 heterocycles. The van der Waals surface area contributed by atoms with E-state index in [1.165, 1.54) is 19.4 Å². The molecule has 4 aliphatic rings. The molecule has 726 valence electrons. The maximum absolute atomic E-state index is 12.8. The zero-order chi connectivity index (χ0) is 98.6. The molecule has 11 rings (SSSR count). The molecule has 0 bridgehead atoms. The molecule has 4 aromatic heterocycles. The first-order valence-electron chi connectivity index (χ1n) is 40.1. The number of alkyl halides is 8. The van der Waals surface area contributed by atoms with Gasteiger partial charge in [0.25, 0.3) is 23.2 Å². The Kier molecular flexibility index (Phi) is 43.5. The minimum atomic E-state index is -2.98. The number of benzene rings is 3. The first kappa shape index (κ1) is 111. The Labute approximate surface area is 803 Å². The van der Waals surface area contributed by atoms with E-state index in [0.717, 1.165) is 34.3 Å². The topological polar surface area (TPSA) is 425 Å². The Balaban J connectivity index is 0.000000261. The van der Waals surface area contributed by atoms with Crippen molar-refractivity contribution in [1.29, 1.82) is 0 Å². The molecular formula is C82H104Br5ClF8N20O16. The number of anilines is 3. The largest absolute Gasteiger partial charge is 0.497 e. The van der Waals surface area contributed by atoms with Crippen LogP contribution in [0.5, 0.6) is 17.2 Å². The number of methoxy groups -OCH3 is 3. The maximum Gasteiger partial charge on any atom is 0.410 e. The summed E-state index contributed by atoms with van der Waals surface area (Å²) in [5.74, 6) is 1.89. The van der Waals surface area contributed by atoms with Crippen LogP contribution < -0.4 is 53.1 Å². The summed E-state index contributed by atoms with van der Waals surface area (Å²) >= 11 is 21.0. The predicted molar refractivity (Wildman–Crippen MR) is 488 cm³/mol. The number of carbonyl (C=O) groups is 6. The van der Waals surface area contributed by atoms with Crippen molar-refractivity contribution in [3.63, 3.8) is 0 Å². The number of allylic oxidation sites excluding steroid dienone is 1. The molecule has 4 saturated heterocycles. The SMILES string of the molecule is C=CC(=O)Cl.COc1ccc(CN)cc1.COc1ccc(CNc2c(C(N)=O)c(Br)nn2[C@H]2C[C@H](COC(F)F)N(C(=O)OC(C)(C)C)C2)cc1.NC(=O)c1c(Br)nn([C@@H]2CN[C@@H](COC(F)F)C2)c1N.[C-]#[N+]c1c(Br)nn([C@H]2C[C@H](COC(F)F)N(C(=O)OC(C)(C)C)C2)c1Br.[C-]#[N+]c1c(Br)nn([C@H]2C[C@H](COC(F)F)N(C(=O)OC(C)(C)C)C2)c1NCc1ccc(OC)cc1. The summed E-state index contributed by atoms with van der Waals surface area (Å²) in [5.41, 5.74) is 23.7. The third kappa shape index (κ3) is 34.0. The van der Waals surface area contributed by atoms with Crippen molar-refractivity contribution >= 4 is 155 Å². The van der Waals surface area contributed by atoms with Crippen molar-refractivity contribution in [2.75, 3.05) is 90.3 Å². The van der Waals surface area contributed by atoms with Gasteiger partial charge in [0, 0.05) is 51.9 Å². The van der Waals surface area contributed by atoms with Gasteiger partial charge in [-0.1, -0.05) is 43.0 Å². The lowest BCUT2D eigenvalue weighted by Crippen LogP contribution is -2.42. The fraction of sp³-hybridized carbons (Fsp3) is 0.512. The third-order valence-electron chi connectivity index (χ3n) is 19.2. The molecule has 4 aliphatic heterocycles. The van der Waals surface area contributed by atoms with E-state index in [2.05, 4.69) is 151 Å². The van der Waals surface area contributed by atoms with Gasteiger partial charge in [0.15, 0.2) is 0 Å². The van der Waals surface area contributed by atoms with E-state index >= 15 is 0 Å². The van der Waals surface area contributed by atoms with Crippen molar-refractivity contribution in [2.45, 2.75) is 199 Å². The smallest absolute Gasteiger partial charge is 0.410 e. The number of likely N-dealkylation sites (tertiary alicyclic amines) is 3. The Hall–Kier alpha value is -9.67. The van der Waals surface area contributed by atoms with Crippen molar-refractivity contribution in [1.82, 2.24) is 59.1 Å². The number of hydrogen-bond donors (Lipinski definition) is 7. The highest BCUT2D eigenvalue weighted by atomic mass is 79.9. The number of amides is 5. The van der Waals surface area contributed by atoms with E-state index in [1.807, 2.05) is 72.8 Å². The molecular weight excluding hydrogens is 2110 g/mol. The van der Waals surface area contributed by atoms with Gasteiger partial charge in [-0.15, -0.1) is 0 Å². The van der Waals surface area contributed by atoms with Gasteiger partial charge in [-0.25, -0.2) is 33.4 Å². The van der Waals surface area contributed by atoms with Crippen LogP contribution in [0.15, 0.2) is 108 Å². The standard InChI is InChI=1S/C23H30BrF2N5O5.C23H28BrF2N5O4.C15H18Br2F2N4O3.C10H14BrF2N5O2.C8H11NO.C3H3ClO/c1-23(2,3)36-22(33)30-11-14(9-15(30)12-35-21(25)26)31-20(17(19(27)32)18(24)29-31)28-10-13-5-7-16(34-4)8-6-13;1-23(2,3)35-22(32)30-12-15(10-16(30)13-34-21(25)26)31-20(18(27-4)19(24)29-31)28-11-14-6-8-17(33-5)9-7-14;1-15(2,3)26-14(24)22-6-8(5-9(22)7-25-13(18)19)23-12(17)10(20-4)11(16)21-23;11-7-6(9(15)19)8(14)18(17-7)5-1-4(16-2-5)3-20-10(12)13;1-10-8-4-2-7(6-9)3-5-8;1-2-3(4)5/h5-8,14-15,21,28H,9-12H2,1-4H3,(H2,27,32);6-9,15-16,21,28H,10-13H2,1-3,5H3;8-9,13H,5-7H2,1-3H3;4-5,10,16H,1-3,14H2,(H2,15,19);2-5H,6,9H2,1H3;2H,1H2/t14-,15+;15-,16+;8-,9+;4-,5+;;/m0001../s1.